The number of fused-ring (bicyclic) bond motifs is 1. The van der Waals surface area contributed by atoms with Crippen molar-refractivity contribution in [3.05, 3.63) is 33.7 Å². The van der Waals surface area contributed by atoms with Crippen LogP contribution < -0.4 is 10.9 Å². The molecule has 4 fully saturated rings. The third-order valence-electron chi connectivity index (χ3n) is 6.60. The molecule has 29 heavy (non-hydrogen) atoms. The zero-order chi connectivity index (χ0) is 20.2. The third kappa shape index (κ3) is 3.11. The van der Waals surface area contributed by atoms with Crippen LogP contribution in [0.2, 0.25) is 0 Å². The van der Waals surface area contributed by atoms with Gasteiger partial charge in [0.1, 0.15) is 17.0 Å². The summed E-state index contributed by atoms with van der Waals surface area (Å²) in [6.45, 7) is 5.92. The number of rotatable bonds is 5. The summed E-state index contributed by atoms with van der Waals surface area (Å²) in [5.41, 5.74) is 0.449. The average Bonchev–Trinajstić information content (AvgIpc) is 2.65. The van der Waals surface area contributed by atoms with Crippen molar-refractivity contribution in [1.29, 1.82) is 0 Å². The van der Waals surface area contributed by atoms with E-state index in [2.05, 4.69) is 15.2 Å². The smallest absolute Gasteiger partial charge is 0.268 e. The Kier molecular flexibility index (Phi) is 4.36. The molecule has 6 rings (SSSR count). The Morgan fingerprint density at radius 3 is 2.69 bits per heavy atom. The van der Waals surface area contributed by atoms with E-state index in [1.54, 1.807) is 12.3 Å². The molecule has 0 radical (unpaired) electrons. The summed E-state index contributed by atoms with van der Waals surface area (Å²) in [5.74, 6) is -0.0420. The standard InChI is InChI=1S/C21H26N4O4/c1-13-8-15-17(26)16(19(27)23-21-9-14(10-21)11-21)20(28)25(18(15)22-12-13)3-2-24-4-6-29-7-5-24/h8,12,14,26H,2-7,9-11H2,1H3,(H,23,27). The summed E-state index contributed by atoms with van der Waals surface area (Å²) in [5, 5.41) is 14.3. The minimum absolute atomic E-state index is 0.168. The highest BCUT2D eigenvalue weighted by Crippen LogP contribution is 2.57. The topological polar surface area (TPSA) is 96.7 Å². The molecule has 2 aromatic heterocycles. The fraction of sp³-hybridized carbons (Fsp3) is 0.571. The van der Waals surface area contributed by atoms with Crippen LogP contribution in [0.3, 0.4) is 0 Å². The largest absolute Gasteiger partial charge is 0.506 e. The van der Waals surface area contributed by atoms with Gasteiger partial charge < -0.3 is 15.2 Å². The van der Waals surface area contributed by atoms with Crippen LogP contribution in [0.4, 0.5) is 0 Å². The average molecular weight is 398 g/mol. The highest BCUT2D eigenvalue weighted by atomic mass is 16.5. The van der Waals surface area contributed by atoms with Crippen LogP contribution >= 0.6 is 0 Å². The Morgan fingerprint density at radius 1 is 1.31 bits per heavy atom. The van der Waals surface area contributed by atoms with Crippen LogP contribution in [0.5, 0.6) is 5.75 Å². The second kappa shape index (κ2) is 6.81. The lowest BCUT2D eigenvalue weighted by molar-refractivity contribution is -0.0439. The van der Waals surface area contributed by atoms with Crippen molar-refractivity contribution in [2.45, 2.75) is 38.3 Å². The maximum absolute atomic E-state index is 13.3. The van der Waals surface area contributed by atoms with Gasteiger partial charge in [-0.1, -0.05) is 0 Å². The highest BCUT2D eigenvalue weighted by Gasteiger charge is 2.57. The molecular formula is C21H26N4O4. The van der Waals surface area contributed by atoms with E-state index in [9.17, 15) is 14.7 Å². The highest BCUT2D eigenvalue weighted by molar-refractivity contribution is 6.02. The maximum atomic E-state index is 13.3. The molecule has 3 aliphatic carbocycles. The third-order valence-corrected chi connectivity index (χ3v) is 6.60. The first kappa shape index (κ1) is 18.6. The predicted octanol–water partition coefficient (Wildman–Crippen LogP) is 1.03. The van der Waals surface area contributed by atoms with Crippen LogP contribution in [0.15, 0.2) is 17.1 Å². The number of nitrogens with one attached hydrogen (secondary N) is 1. The van der Waals surface area contributed by atoms with Crippen LogP contribution in [0, 0.1) is 12.8 Å². The van der Waals surface area contributed by atoms with Crippen molar-refractivity contribution in [2.75, 3.05) is 32.8 Å². The zero-order valence-electron chi connectivity index (χ0n) is 16.6. The Balaban J connectivity index is 1.53. The number of morpholine rings is 1. The van der Waals surface area contributed by atoms with Crippen molar-refractivity contribution >= 4 is 16.9 Å². The number of carbonyl (C=O) groups is 1. The number of nitrogens with zero attached hydrogens (tertiary/aromatic N) is 3. The number of amides is 1. The van der Waals surface area contributed by atoms with Gasteiger partial charge in [-0.2, -0.15) is 0 Å². The van der Waals surface area contributed by atoms with Crippen molar-refractivity contribution in [1.82, 2.24) is 19.8 Å². The van der Waals surface area contributed by atoms with Crippen LogP contribution in [0.25, 0.3) is 11.0 Å². The fourth-order valence-electron chi connectivity index (χ4n) is 4.83. The minimum atomic E-state index is -0.483. The number of aryl methyl sites for hydroxylation is 1. The molecule has 154 valence electrons. The van der Waals surface area contributed by atoms with E-state index in [4.69, 9.17) is 4.74 Å². The molecule has 2 aromatic rings. The quantitative estimate of drug-likeness (QED) is 0.781. The molecule has 2 N–H and O–H groups in total. The SMILES string of the molecule is Cc1cnc2c(c1)c(O)c(C(=O)NC13CC(C1)C3)c(=O)n2CCN1CCOCC1. The number of hydrogen-bond donors (Lipinski definition) is 2. The summed E-state index contributed by atoms with van der Waals surface area (Å²) >= 11 is 0. The van der Waals surface area contributed by atoms with Gasteiger partial charge in [-0.15, -0.1) is 0 Å². The predicted molar refractivity (Wildman–Crippen MR) is 107 cm³/mol. The van der Waals surface area contributed by atoms with Crippen LogP contribution in [-0.4, -0.2) is 63.9 Å². The first-order chi connectivity index (χ1) is 14.0. The second-order valence-corrected chi connectivity index (χ2v) is 8.73. The molecule has 0 atom stereocenters. The van der Waals surface area contributed by atoms with Gasteiger partial charge in [-0.25, -0.2) is 4.98 Å². The Labute approximate surface area is 168 Å². The van der Waals surface area contributed by atoms with Gasteiger partial charge >= 0.3 is 0 Å². The van der Waals surface area contributed by atoms with E-state index >= 15 is 0 Å². The van der Waals surface area contributed by atoms with Gasteiger partial charge in [0.05, 0.1) is 18.6 Å². The van der Waals surface area contributed by atoms with Crippen LogP contribution in [-0.2, 0) is 11.3 Å². The summed E-state index contributed by atoms with van der Waals surface area (Å²) in [7, 11) is 0. The van der Waals surface area contributed by atoms with Crippen molar-refractivity contribution in [3.63, 3.8) is 0 Å². The molecule has 8 nitrogen and oxygen atoms in total. The van der Waals surface area contributed by atoms with E-state index in [-0.39, 0.29) is 16.9 Å². The zero-order valence-corrected chi connectivity index (χ0v) is 16.6. The number of aromatic nitrogens is 2. The second-order valence-electron chi connectivity index (χ2n) is 8.73. The fourth-order valence-corrected chi connectivity index (χ4v) is 4.83. The van der Waals surface area contributed by atoms with E-state index in [1.807, 2.05) is 6.92 Å². The van der Waals surface area contributed by atoms with E-state index in [0.717, 1.165) is 37.9 Å². The summed E-state index contributed by atoms with van der Waals surface area (Å²) < 4.78 is 6.91. The molecule has 2 bridgehead atoms. The summed E-state index contributed by atoms with van der Waals surface area (Å²) in [6, 6.07) is 1.78. The van der Waals surface area contributed by atoms with E-state index < -0.39 is 11.5 Å². The lowest BCUT2D eigenvalue weighted by Crippen LogP contribution is -2.68. The van der Waals surface area contributed by atoms with Crippen LogP contribution in [0.1, 0.15) is 35.2 Å². The number of pyridine rings is 2. The molecule has 4 aliphatic rings. The monoisotopic (exact) mass is 398 g/mol. The summed E-state index contributed by atoms with van der Waals surface area (Å²) in [6.07, 6.45) is 4.59. The molecule has 1 aliphatic heterocycles. The summed E-state index contributed by atoms with van der Waals surface area (Å²) in [4.78, 5) is 32.9. The normalized spacial score (nSPS) is 26.0. The van der Waals surface area contributed by atoms with Crippen molar-refractivity contribution in [3.8, 4) is 5.75 Å². The molecule has 3 saturated carbocycles. The van der Waals surface area contributed by atoms with Gasteiger partial charge in [0, 0.05) is 37.9 Å². The van der Waals surface area contributed by atoms with E-state index in [0.29, 0.717) is 43.3 Å². The maximum Gasteiger partial charge on any atom is 0.268 e. The van der Waals surface area contributed by atoms with Gasteiger partial charge in [-0.05, 0) is 43.7 Å². The molecule has 0 aromatic carbocycles. The lowest BCUT2D eigenvalue weighted by Gasteiger charge is -2.61. The van der Waals surface area contributed by atoms with Gasteiger partial charge in [-0.3, -0.25) is 19.1 Å². The molecule has 1 saturated heterocycles. The number of hydrogen-bond acceptors (Lipinski definition) is 6. The lowest BCUT2D eigenvalue weighted by atomic mass is 9.50. The number of aromatic hydroxyl groups is 1. The van der Waals surface area contributed by atoms with Crippen molar-refractivity contribution < 1.29 is 14.6 Å². The van der Waals surface area contributed by atoms with Gasteiger partial charge in [0.25, 0.3) is 11.5 Å². The molecular weight excluding hydrogens is 372 g/mol. The first-order valence-electron chi connectivity index (χ1n) is 10.3. The van der Waals surface area contributed by atoms with Crippen molar-refractivity contribution in [2.24, 2.45) is 5.92 Å². The molecule has 8 heteroatoms. The Bertz CT molecular complexity index is 1020. The Hall–Kier alpha value is -2.45. The molecule has 1 amide bonds. The van der Waals surface area contributed by atoms with Gasteiger partial charge in [0.2, 0.25) is 0 Å². The molecule has 0 unspecified atom stereocenters. The minimum Gasteiger partial charge on any atom is -0.506 e. The molecule has 0 spiro atoms. The first-order valence-corrected chi connectivity index (χ1v) is 10.3. The molecule has 3 heterocycles. The van der Waals surface area contributed by atoms with E-state index in [1.165, 1.54) is 4.57 Å². The Morgan fingerprint density at radius 2 is 2.03 bits per heavy atom. The van der Waals surface area contributed by atoms with Gasteiger partial charge in [0.15, 0.2) is 0 Å². The number of carbonyl (C=O) groups excluding carboxylic acids is 1. The number of ether oxygens (including phenoxy) is 1.